The van der Waals surface area contributed by atoms with Crippen LogP contribution in [0.1, 0.15) is 49.1 Å². The number of amides is 2. The third-order valence-corrected chi connectivity index (χ3v) is 5.37. The van der Waals surface area contributed by atoms with E-state index < -0.39 is 11.7 Å². The molecule has 1 aromatic heterocycles. The molecule has 2 aliphatic rings. The van der Waals surface area contributed by atoms with Crippen molar-refractivity contribution in [3.05, 3.63) is 45.9 Å². The van der Waals surface area contributed by atoms with Gasteiger partial charge in [-0.2, -0.15) is 13.2 Å². The van der Waals surface area contributed by atoms with Gasteiger partial charge in [-0.25, -0.2) is 14.8 Å². The van der Waals surface area contributed by atoms with Gasteiger partial charge in [0.1, 0.15) is 5.82 Å². The second kappa shape index (κ2) is 9.81. The first-order valence-corrected chi connectivity index (χ1v) is 10.9. The van der Waals surface area contributed by atoms with E-state index in [9.17, 15) is 18.0 Å². The summed E-state index contributed by atoms with van der Waals surface area (Å²) in [5.41, 5.74) is 6.54. The largest absolute Gasteiger partial charge is 0.416 e. The number of alkyl halides is 3. The number of nitrogens with one attached hydrogen (secondary N) is 1. The van der Waals surface area contributed by atoms with Crippen LogP contribution in [0.4, 0.5) is 29.5 Å². The van der Waals surface area contributed by atoms with Crippen LogP contribution in [0.15, 0.2) is 18.2 Å². The molecular formula is C21H26ClF3N6O. The molecule has 3 heterocycles. The van der Waals surface area contributed by atoms with Crippen molar-refractivity contribution in [3.63, 3.8) is 0 Å². The Bertz CT molecular complexity index is 979. The maximum atomic E-state index is 13.0. The van der Waals surface area contributed by atoms with Crippen molar-refractivity contribution in [1.29, 1.82) is 0 Å². The number of carbonyl (C=O) groups excluding carboxylic acids is 1. The number of carbonyl (C=O) groups is 1. The zero-order valence-electron chi connectivity index (χ0n) is 18.0. The van der Waals surface area contributed by atoms with Crippen LogP contribution in [0.2, 0.25) is 5.28 Å². The lowest BCUT2D eigenvalue weighted by Gasteiger charge is -2.23. The number of likely N-dealkylation sites (tertiary alicyclic amines) is 1. The Morgan fingerprint density at radius 3 is 2.47 bits per heavy atom. The number of urea groups is 1. The SMILES string of the molecule is CC.Nc1cc(CNc2nc(Cl)nc3c2CN(C(=O)N2CCCC2)C3)cc(C(F)(F)F)c1. The number of rotatable bonds is 3. The van der Waals surface area contributed by atoms with Gasteiger partial charge in [0.05, 0.1) is 24.3 Å². The van der Waals surface area contributed by atoms with Crippen LogP contribution in [-0.4, -0.2) is 38.9 Å². The maximum Gasteiger partial charge on any atom is 0.416 e. The molecule has 7 nitrogen and oxygen atoms in total. The van der Waals surface area contributed by atoms with Gasteiger partial charge in [-0.15, -0.1) is 0 Å². The monoisotopic (exact) mass is 470 g/mol. The number of benzene rings is 1. The summed E-state index contributed by atoms with van der Waals surface area (Å²) in [4.78, 5) is 24.6. The summed E-state index contributed by atoms with van der Waals surface area (Å²) in [5, 5.41) is 3.04. The quantitative estimate of drug-likeness (QED) is 0.492. The molecule has 3 N–H and O–H groups in total. The van der Waals surface area contributed by atoms with Gasteiger partial charge >= 0.3 is 12.2 Å². The summed E-state index contributed by atoms with van der Waals surface area (Å²) in [7, 11) is 0. The summed E-state index contributed by atoms with van der Waals surface area (Å²) in [6, 6.07) is 3.34. The molecule has 0 saturated carbocycles. The average Bonchev–Trinajstić information content (AvgIpc) is 3.42. The van der Waals surface area contributed by atoms with Gasteiger partial charge in [0.25, 0.3) is 0 Å². The van der Waals surface area contributed by atoms with Crippen LogP contribution >= 0.6 is 11.6 Å². The van der Waals surface area contributed by atoms with Gasteiger partial charge in [0.2, 0.25) is 5.28 Å². The third-order valence-electron chi connectivity index (χ3n) is 5.20. The van der Waals surface area contributed by atoms with Crippen molar-refractivity contribution >= 4 is 29.1 Å². The van der Waals surface area contributed by atoms with E-state index in [-0.39, 0.29) is 23.5 Å². The van der Waals surface area contributed by atoms with E-state index in [0.29, 0.717) is 35.7 Å². The highest BCUT2D eigenvalue weighted by Crippen LogP contribution is 2.32. The molecule has 2 amide bonds. The Labute approximate surface area is 189 Å². The Morgan fingerprint density at radius 2 is 1.81 bits per heavy atom. The van der Waals surface area contributed by atoms with Crippen molar-refractivity contribution in [1.82, 2.24) is 19.8 Å². The lowest BCUT2D eigenvalue weighted by atomic mass is 10.1. The molecule has 1 aromatic carbocycles. The number of aromatic nitrogens is 2. The van der Waals surface area contributed by atoms with Gasteiger partial charge in [-0.3, -0.25) is 0 Å². The molecule has 11 heteroatoms. The van der Waals surface area contributed by atoms with E-state index in [1.807, 2.05) is 13.8 Å². The van der Waals surface area contributed by atoms with Crippen molar-refractivity contribution < 1.29 is 18.0 Å². The Morgan fingerprint density at radius 1 is 1.12 bits per heavy atom. The number of hydrogen-bond donors (Lipinski definition) is 2. The van der Waals surface area contributed by atoms with Crippen molar-refractivity contribution in [3.8, 4) is 0 Å². The number of anilines is 2. The van der Waals surface area contributed by atoms with E-state index in [1.165, 1.54) is 6.07 Å². The normalized spacial score (nSPS) is 15.3. The average molecular weight is 471 g/mol. The first kappa shape index (κ1) is 23.9. The van der Waals surface area contributed by atoms with Crippen molar-refractivity contribution in [2.45, 2.75) is 52.5 Å². The topological polar surface area (TPSA) is 87.4 Å². The predicted octanol–water partition coefficient (Wildman–Crippen LogP) is 4.90. The fourth-order valence-corrected chi connectivity index (χ4v) is 3.97. The molecule has 32 heavy (non-hydrogen) atoms. The molecule has 0 atom stereocenters. The summed E-state index contributed by atoms with van der Waals surface area (Å²) >= 11 is 6.03. The summed E-state index contributed by atoms with van der Waals surface area (Å²) in [6.45, 7) is 6.17. The van der Waals surface area contributed by atoms with E-state index >= 15 is 0 Å². The fourth-order valence-electron chi connectivity index (χ4n) is 3.78. The van der Waals surface area contributed by atoms with Gasteiger partial charge in [-0.1, -0.05) is 13.8 Å². The lowest BCUT2D eigenvalue weighted by Crippen LogP contribution is -2.38. The highest BCUT2D eigenvalue weighted by Gasteiger charge is 2.33. The van der Waals surface area contributed by atoms with Crippen LogP contribution < -0.4 is 11.1 Å². The molecule has 2 aromatic rings. The molecule has 4 rings (SSSR count). The molecule has 1 fully saturated rings. The van der Waals surface area contributed by atoms with Crippen molar-refractivity contribution in [2.24, 2.45) is 0 Å². The minimum absolute atomic E-state index is 0.00952. The van der Waals surface area contributed by atoms with Crippen LogP contribution in [-0.2, 0) is 25.8 Å². The third kappa shape index (κ3) is 5.35. The summed E-state index contributed by atoms with van der Waals surface area (Å²) in [6.07, 6.45) is -2.50. The maximum absolute atomic E-state index is 13.0. The number of nitrogens with two attached hydrogens (primary N) is 1. The summed E-state index contributed by atoms with van der Waals surface area (Å²) in [5.74, 6) is 0.401. The molecule has 0 unspecified atom stereocenters. The lowest BCUT2D eigenvalue weighted by molar-refractivity contribution is -0.137. The number of halogens is 4. The smallest absolute Gasteiger partial charge is 0.399 e. The minimum Gasteiger partial charge on any atom is -0.399 e. The molecule has 0 radical (unpaired) electrons. The highest BCUT2D eigenvalue weighted by molar-refractivity contribution is 6.28. The first-order chi connectivity index (χ1) is 15.2. The highest BCUT2D eigenvalue weighted by atomic mass is 35.5. The van der Waals surface area contributed by atoms with E-state index in [0.717, 1.165) is 38.1 Å². The second-order valence-electron chi connectivity index (χ2n) is 7.41. The molecule has 0 aliphatic carbocycles. The molecule has 174 valence electrons. The minimum atomic E-state index is -4.49. The summed E-state index contributed by atoms with van der Waals surface area (Å²) < 4.78 is 39.1. The van der Waals surface area contributed by atoms with E-state index in [4.69, 9.17) is 17.3 Å². The first-order valence-electron chi connectivity index (χ1n) is 10.5. The van der Waals surface area contributed by atoms with Crippen LogP contribution in [0.5, 0.6) is 0 Å². The number of nitrogens with zero attached hydrogens (tertiary/aromatic N) is 4. The Kier molecular flexibility index (Phi) is 7.33. The zero-order chi connectivity index (χ0) is 23.5. The molecule has 2 aliphatic heterocycles. The van der Waals surface area contributed by atoms with E-state index in [2.05, 4.69) is 15.3 Å². The Hall–Kier alpha value is -2.75. The Balaban J connectivity index is 0.00000141. The van der Waals surface area contributed by atoms with E-state index in [1.54, 1.807) is 9.80 Å². The molecule has 0 spiro atoms. The van der Waals surface area contributed by atoms with Crippen LogP contribution in [0, 0.1) is 0 Å². The molecule has 1 saturated heterocycles. The van der Waals surface area contributed by atoms with Crippen molar-refractivity contribution in [2.75, 3.05) is 24.1 Å². The second-order valence-corrected chi connectivity index (χ2v) is 7.75. The van der Waals surface area contributed by atoms with Crippen LogP contribution in [0.3, 0.4) is 0 Å². The molecule has 0 bridgehead atoms. The van der Waals surface area contributed by atoms with Gasteiger partial charge in [0.15, 0.2) is 0 Å². The predicted molar refractivity (Wildman–Crippen MR) is 117 cm³/mol. The molecular weight excluding hydrogens is 445 g/mol. The number of hydrogen-bond acceptors (Lipinski definition) is 5. The number of fused-ring (bicyclic) bond motifs is 1. The standard InChI is InChI=1S/C19H20ClF3N6O.C2H6/c20-17-26-15-10-29(18(30)28-3-1-2-4-28)9-14(15)16(27-17)25-8-11-5-12(19(21,22)23)7-13(24)6-11;1-2/h5-7H,1-4,8-10,24H2,(H,25,26,27);1-2H3. The fraction of sp³-hybridized carbons (Fsp3) is 0.476. The van der Waals surface area contributed by atoms with Crippen LogP contribution in [0.25, 0.3) is 0 Å². The van der Waals surface area contributed by atoms with Gasteiger partial charge in [-0.05, 0) is 48.2 Å². The van der Waals surface area contributed by atoms with Gasteiger partial charge < -0.3 is 20.9 Å². The van der Waals surface area contributed by atoms with Gasteiger partial charge in [0, 0.05) is 30.9 Å². The number of nitrogen functional groups attached to an aromatic ring is 1. The zero-order valence-corrected chi connectivity index (χ0v) is 18.7.